The Labute approximate surface area is 190 Å². The summed E-state index contributed by atoms with van der Waals surface area (Å²) in [6, 6.07) is 23.5. The molecular weight excluding hydrogens is 426 g/mol. The highest BCUT2D eigenvalue weighted by Crippen LogP contribution is 2.36. The Balaban J connectivity index is 1.55. The van der Waals surface area contributed by atoms with Crippen LogP contribution >= 0.6 is 23.8 Å². The third-order valence-electron chi connectivity index (χ3n) is 5.21. The van der Waals surface area contributed by atoms with E-state index in [9.17, 15) is 0 Å². The van der Waals surface area contributed by atoms with Crippen LogP contribution in [0.1, 0.15) is 23.6 Å². The monoisotopic (exact) mass is 443 g/mol. The summed E-state index contributed by atoms with van der Waals surface area (Å²) in [5, 5.41) is 11.3. The van der Waals surface area contributed by atoms with Gasteiger partial charge in [-0.3, -0.25) is 9.97 Å². The smallest absolute Gasteiger partial charge is 0.194 e. The Morgan fingerprint density at radius 1 is 0.935 bits per heavy atom. The van der Waals surface area contributed by atoms with Crippen molar-refractivity contribution in [2.24, 2.45) is 5.10 Å². The quantitative estimate of drug-likeness (QED) is 0.403. The number of hydrogen-bond donors (Lipinski definition) is 1. The first kappa shape index (κ1) is 19.6. The molecule has 2 heterocycles. The fraction of sp³-hybridized carbons (Fsp3) is 0.0833. The zero-order valence-electron chi connectivity index (χ0n) is 16.4. The van der Waals surface area contributed by atoms with Gasteiger partial charge in [-0.05, 0) is 48.1 Å². The van der Waals surface area contributed by atoms with Crippen LogP contribution in [0.25, 0.3) is 11.0 Å². The Morgan fingerprint density at radius 3 is 2.52 bits per heavy atom. The molecule has 1 aliphatic heterocycles. The fourth-order valence-corrected chi connectivity index (χ4v) is 4.15. The molecule has 1 atom stereocenters. The maximum Gasteiger partial charge on any atom is 0.194 e. The molecule has 7 heteroatoms. The average Bonchev–Trinajstić information content (AvgIpc) is 3.25. The molecular formula is C24H18ClN5S. The molecule has 0 fully saturated rings. The van der Waals surface area contributed by atoms with E-state index in [2.05, 4.69) is 21.4 Å². The van der Waals surface area contributed by atoms with Crippen LogP contribution in [0, 0.1) is 0 Å². The van der Waals surface area contributed by atoms with E-state index in [-0.39, 0.29) is 6.04 Å². The molecule has 0 saturated carbocycles. The first-order valence-corrected chi connectivity index (χ1v) is 10.7. The molecule has 1 unspecified atom stereocenters. The van der Waals surface area contributed by atoms with Gasteiger partial charge >= 0.3 is 0 Å². The van der Waals surface area contributed by atoms with Gasteiger partial charge in [-0.2, -0.15) is 5.10 Å². The Kier molecular flexibility index (Phi) is 5.32. The van der Waals surface area contributed by atoms with E-state index in [1.807, 2.05) is 71.7 Å². The number of benzene rings is 3. The maximum atomic E-state index is 6.08. The van der Waals surface area contributed by atoms with Crippen LogP contribution in [0.15, 0.2) is 90.3 Å². The molecule has 5 nitrogen and oxygen atoms in total. The van der Waals surface area contributed by atoms with E-state index in [1.165, 1.54) is 0 Å². The van der Waals surface area contributed by atoms with E-state index >= 15 is 0 Å². The number of hydrazone groups is 1. The molecule has 1 N–H and O–H groups in total. The lowest BCUT2D eigenvalue weighted by molar-refractivity contribution is 0.377. The molecule has 5 rings (SSSR count). The predicted octanol–water partition coefficient (Wildman–Crippen LogP) is 5.83. The van der Waals surface area contributed by atoms with Crippen molar-refractivity contribution in [2.45, 2.75) is 12.5 Å². The molecule has 31 heavy (non-hydrogen) atoms. The average molecular weight is 444 g/mol. The number of halogens is 1. The van der Waals surface area contributed by atoms with Gasteiger partial charge < -0.3 is 5.32 Å². The highest BCUT2D eigenvalue weighted by molar-refractivity contribution is 7.80. The molecule has 1 aliphatic rings. The van der Waals surface area contributed by atoms with Crippen LogP contribution in [0.5, 0.6) is 0 Å². The van der Waals surface area contributed by atoms with Gasteiger partial charge in [-0.25, -0.2) is 5.01 Å². The molecule has 0 bridgehead atoms. The van der Waals surface area contributed by atoms with Gasteiger partial charge in [-0.15, -0.1) is 0 Å². The summed E-state index contributed by atoms with van der Waals surface area (Å²) in [5.74, 6) is 0. The molecule has 1 aromatic heterocycles. The maximum absolute atomic E-state index is 6.08. The van der Waals surface area contributed by atoms with Crippen LogP contribution in [0.4, 0.5) is 5.69 Å². The Morgan fingerprint density at radius 2 is 1.71 bits per heavy atom. The van der Waals surface area contributed by atoms with Crippen molar-refractivity contribution in [3.8, 4) is 0 Å². The highest BCUT2D eigenvalue weighted by atomic mass is 35.5. The van der Waals surface area contributed by atoms with Crippen LogP contribution in [-0.4, -0.2) is 25.8 Å². The van der Waals surface area contributed by atoms with Crippen molar-refractivity contribution in [1.82, 2.24) is 15.0 Å². The summed E-state index contributed by atoms with van der Waals surface area (Å²) >= 11 is 11.9. The molecule has 0 aliphatic carbocycles. The summed E-state index contributed by atoms with van der Waals surface area (Å²) in [6.07, 6.45) is 4.11. The highest BCUT2D eigenvalue weighted by Gasteiger charge is 2.33. The van der Waals surface area contributed by atoms with E-state index < -0.39 is 0 Å². The van der Waals surface area contributed by atoms with E-state index in [0.29, 0.717) is 16.6 Å². The lowest BCUT2D eigenvalue weighted by atomic mass is 9.97. The number of hydrogen-bond acceptors (Lipinski definition) is 4. The molecule has 0 saturated heterocycles. The summed E-state index contributed by atoms with van der Waals surface area (Å²) in [5.41, 5.74) is 5.62. The number of para-hydroxylation sites is 2. The summed E-state index contributed by atoms with van der Waals surface area (Å²) in [7, 11) is 0. The van der Waals surface area contributed by atoms with Gasteiger partial charge in [-0.1, -0.05) is 54.1 Å². The second kappa shape index (κ2) is 8.41. The van der Waals surface area contributed by atoms with Crippen LogP contribution in [-0.2, 0) is 0 Å². The van der Waals surface area contributed by atoms with Crippen molar-refractivity contribution in [1.29, 1.82) is 0 Å². The molecule has 0 amide bonds. The molecule has 3 aromatic carbocycles. The number of nitrogens with one attached hydrogen (secondary N) is 1. The van der Waals surface area contributed by atoms with Gasteiger partial charge in [0.2, 0.25) is 0 Å². The van der Waals surface area contributed by atoms with Crippen molar-refractivity contribution in [3.63, 3.8) is 0 Å². The second-order valence-corrected chi connectivity index (χ2v) is 8.01. The number of aromatic nitrogens is 2. The van der Waals surface area contributed by atoms with E-state index in [1.54, 1.807) is 12.4 Å². The van der Waals surface area contributed by atoms with Crippen molar-refractivity contribution >= 4 is 51.4 Å². The minimum absolute atomic E-state index is 0.102. The summed E-state index contributed by atoms with van der Waals surface area (Å²) in [6.45, 7) is 0. The number of thiocarbonyl (C=S) groups is 1. The molecule has 0 spiro atoms. The van der Waals surface area contributed by atoms with Crippen molar-refractivity contribution < 1.29 is 0 Å². The third-order valence-corrected chi connectivity index (χ3v) is 5.75. The number of nitrogens with zero attached hydrogens (tertiary/aromatic N) is 4. The summed E-state index contributed by atoms with van der Waals surface area (Å²) in [4.78, 5) is 9.05. The van der Waals surface area contributed by atoms with Gasteiger partial charge in [0.05, 0.1) is 22.8 Å². The third kappa shape index (κ3) is 4.00. The van der Waals surface area contributed by atoms with Crippen LogP contribution < -0.4 is 5.32 Å². The number of anilines is 1. The zero-order chi connectivity index (χ0) is 21.2. The zero-order valence-corrected chi connectivity index (χ0v) is 18.0. The Bertz CT molecular complexity index is 1270. The van der Waals surface area contributed by atoms with Crippen molar-refractivity contribution in [3.05, 3.63) is 101 Å². The largest absolute Gasteiger partial charge is 0.331 e. The number of rotatable bonds is 3. The van der Waals surface area contributed by atoms with E-state index in [0.717, 1.165) is 33.6 Å². The summed E-state index contributed by atoms with van der Waals surface area (Å²) < 4.78 is 0. The first-order chi connectivity index (χ1) is 15.2. The van der Waals surface area contributed by atoms with E-state index in [4.69, 9.17) is 28.9 Å². The fourth-order valence-electron chi connectivity index (χ4n) is 3.74. The van der Waals surface area contributed by atoms with Crippen LogP contribution in [0.2, 0.25) is 5.02 Å². The Hall–Kier alpha value is -3.35. The first-order valence-electron chi connectivity index (χ1n) is 9.87. The molecule has 152 valence electrons. The lowest BCUT2D eigenvalue weighted by Crippen LogP contribution is -2.31. The van der Waals surface area contributed by atoms with Gasteiger partial charge in [0, 0.05) is 35.1 Å². The topological polar surface area (TPSA) is 53.4 Å². The minimum atomic E-state index is -0.102. The molecule has 0 radical (unpaired) electrons. The normalized spacial score (nSPS) is 15.7. The van der Waals surface area contributed by atoms with Gasteiger partial charge in [0.1, 0.15) is 0 Å². The van der Waals surface area contributed by atoms with Gasteiger partial charge in [0.25, 0.3) is 0 Å². The second-order valence-electron chi connectivity index (χ2n) is 7.19. The predicted molar refractivity (Wildman–Crippen MR) is 129 cm³/mol. The SMILES string of the molecule is S=C(Nc1ccccc1)N1N=C(c2ccc(Cl)cc2)CC1c1cccc2nccnc12. The minimum Gasteiger partial charge on any atom is -0.331 e. The van der Waals surface area contributed by atoms with Gasteiger partial charge in [0.15, 0.2) is 5.11 Å². The van der Waals surface area contributed by atoms with Crippen molar-refractivity contribution in [2.75, 3.05) is 5.32 Å². The molecule has 4 aromatic rings. The standard InChI is InChI=1S/C24H18ClN5S/c25-17-11-9-16(10-12-17)21-15-22(19-7-4-8-20-23(19)27-14-13-26-20)30(29-21)24(31)28-18-5-2-1-3-6-18/h1-14,22H,15H2,(H,28,31). The van der Waals surface area contributed by atoms with Crippen LogP contribution in [0.3, 0.4) is 0 Å². The number of fused-ring (bicyclic) bond motifs is 1. The lowest BCUT2D eigenvalue weighted by Gasteiger charge is -2.25.